The quantitative estimate of drug-likeness (QED) is 0.786. The number of carbonyl (C=O) groups is 2. The number of fused-ring (bicyclic) bond motifs is 1. The predicted octanol–water partition coefficient (Wildman–Crippen LogP) is 1.25. The summed E-state index contributed by atoms with van der Waals surface area (Å²) >= 11 is 0. The molecule has 7 nitrogen and oxygen atoms in total. The summed E-state index contributed by atoms with van der Waals surface area (Å²) in [7, 11) is -3.80. The van der Waals surface area contributed by atoms with E-state index in [9.17, 15) is 18.0 Å². The molecule has 0 saturated heterocycles. The van der Waals surface area contributed by atoms with E-state index in [0.29, 0.717) is 12.2 Å². The Hall–Kier alpha value is -2.71. The molecule has 0 fully saturated rings. The van der Waals surface area contributed by atoms with E-state index in [1.807, 2.05) is 24.3 Å². The van der Waals surface area contributed by atoms with Crippen molar-refractivity contribution in [2.24, 2.45) is 5.14 Å². The van der Waals surface area contributed by atoms with Crippen LogP contribution >= 0.6 is 0 Å². The molecule has 130 valence electrons. The van der Waals surface area contributed by atoms with Crippen molar-refractivity contribution < 1.29 is 18.0 Å². The minimum Gasteiger partial charge on any atom is -0.318 e. The fourth-order valence-electron chi connectivity index (χ4n) is 2.78. The molecule has 2 aromatic rings. The van der Waals surface area contributed by atoms with Crippen LogP contribution in [0.4, 0.5) is 11.4 Å². The molecular formula is C17H17N3O4S. The molecule has 0 saturated carbocycles. The predicted molar refractivity (Wildman–Crippen MR) is 93.6 cm³/mol. The van der Waals surface area contributed by atoms with E-state index in [1.54, 1.807) is 0 Å². The van der Waals surface area contributed by atoms with Crippen molar-refractivity contribution in [3.8, 4) is 0 Å². The normalized spacial score (nSPS) is 13.9. The van der Waals surface area contributed by atoms with Gasteiger partial charge in [0.05, 0.1) is 4.90 Å². The molecule has 0 bridgehead atoms. The number of primary sulfonamides is 1. The van der Waals surface area contributed by atoms with Gasteiger partial charge in [-0.25, -0.2) is 13.6 Å². The number of anilines is 2. The molecule has 1 aliphatic rings. The van der Waals surface area contributed by atoms with E-state index < -0.39 is 21.8 Å². The second-order valence-corrected chi connectivity index (χ2v) is 7.27. The van der Waals surface area contributed by atoms with Gasteiger partial charge in [0.1, 0.15) is 0 Å². The Balaban J connectivity index is 1.75. The Labute approximate surface area is 145 Å². The summed E-state index contributed by atoms with van der Waals surface area (Å²) < 4.78 is 22.5. The molecule has 8 heteroatoms. The van der Waals surface area contributed by atoms with Crippen molar-refractivity contribution in [1.29, 1.82) is 0 Å². The van der Waals surface area contributed by atoms with Gasteiger partial charge in [0.2, 0.25) is 10.0 Å². The molecule has 0 spiro atoms. The standard InChI is InChI=1S/C17H17N3O4S/c18-25(23,24)14-9-7-13(8-10-14)19-16(21)17(22)20-11-3-5-12-4-1-2-6-15(12)20/h1-2,4,6-10H,3,5,11H2,(H,19,21)(H2,18,23,24). The Bertz CT molecular complexity index is 923. The van der Waals surface area contributed by atoms with Crippen LogP contribution in [0.1, 0.15) is 12.0 Å². The second-order valence-electron chi connectivity index (χ2n) is 5.71. The van der Waals surface area contributed by atoms with Crippen molar-refractivity contribution in [1.82, 2.24) is 0 Å². The molecule has 0 aliphatic carbocycles. The number of sulfonamides is 1. The summed E-state index contributed by atoms with van der Waals surface area (Å²) in [5.74, 6) is -1.43. The Morgan fingerprint density at radius 3 is 2.40 bits per heavy atom. The zero-order valence-corrected chi connectivity index (χ0v) is 14.1. The molecular weight excluding hydrogens is 342 g/mol. The van der Waals surface area contributed by atoms with E-state index in [4.69, 9.17) is 5.14 Å². The van der Waals surface area contributed by atoms with E-state index in [1.165, 1.54) is 29.2 Å². The number of nitrogens with one attached hydrogen (secondary N) is 1. The van der Waals surface area contributed by atoms with Gasteiger partial charge in [0.25, 0.3) is 0 Å². The summed E-state index contributed by atoms with van der Waals surface area (Å²) in [5.41, 5.74) is 2.10. The summed E-state index contributed by atoms with van der Waals surface area (Å²) in [6.07, 6.45) is 1.66. The highest BCUT2D eigenvalue weighted by Gasteiger charge is 2.27. The Kier molecular flexibility index (Phi) is 4.56. The van der Waals surface area contributed by atoms with Crippen LogP contribution in [0.2, 0.25) is 0 Å². The van der Waals surface area contributed by atoms with Crippen LogP contribution in [0.5, 0.6) is 0 Å². The average Bonchev–Trinajstić information content (AvgIpc) is 2.60. The minimum atomic E-state index is -3.80. The number of hydrogen-bond donors (Lipinski definition) is 2. The van der Waals surface area contributed by atoms with Gasteiger partial charge < -0.3 is 10.2 Å². The maximum atomic E-state index is 12.5. The van der Waals surface area contributed by atoms with Crippen molar-refractivity contribution in [2.45, 2.75) is 17.7 Å². The highest BCUT2D eigenvalue weighted by atomic mass is 32.2. The van der Waals surface area contributed by atoms with Gasteiger partial charge in [-0.05, 0) is 48.7 Å². The monoisotopic (exact) mass is 359 g/mol. The average molecular weight is 359 g/mol. The highest BCUT2D eigenvalue weighted by Crippen LogP contribution is 2.26. The summed E-state index contributed by atoms with van der Waals surface area (Å²) in [5, 5.41) is 7.51. The number of carbonyl (C=O) groups excluding carboxylic acids is 2. The molecule has 3 rings (SSSR count). The number of nitrogens with two attached hydrogens (primary N) is 1. The van der Waals surface area contributed by atoms with E-state index >= 15 is 0 Å². The van der Waals surface area contributed by atoms with Gasteiger partial charge >= 0.3 is 11.8 Å². The number of amides is 2. The Morgan fingerprint density at radius 1 is 1.04 bits per heavy atom. The highest BCUT2D eigenvalue weighted by molar-refractivity contribution is 7.89. The van der Waals surface area contributed by atoms with Crippen LogP contribution in [0, 0.1) is 0 Å². The van der Waals surface area contributed by atoms with Crippen LogP contribution < -0.4 is 15.4 Å². The maximum Gasteiger partial charge on any atom is 0.316 e. The third-order valence-corrected chi connectivity index (χ3v) is 4.92. The first-order valence-electron chi connectivity index (χ1n) is 7.70. The van der Waals surface area contributed by atoms with Gasteiger partial charge in [-0.1, -0.05) is 18.2 Å². The molecule has 2 amide bonds. The molecule has 0 aromatic heterocycles. The molecule has 0 unspecified atom stereocenters. The fourth-order valence-corrected chi connectivity index (χ4v) is 3.30. The third kappa shape index (κ3) is 3.70. The lowest BCUT2D eigenvalue weighted by Gasteiger charge is -2.28. The SMILES string of the molecule is NS(=O)(=O)c1ccc(NC(=O)C(=O)N2CCCc3ccccc32)cc1. The van der Waals surface area contributed by atoms with Crippen molar-refractivity contribution in [3.05, 3.63) is 54.1 Å². The lowest BCUT2D eigenvalue weighted by molar-refractivity contribution is -0.134. The number of para-hydroxylation sites is 1. The Morgan fingerprint density at radius 2 is 1.72 bits per heavy atom. The van der Waals surface area contributed by atoms with Gasteiger partial charge in [0.15, 0.2) is 0 Å². The van der Waals surface area contributed by atoms with Crippen molar-refractivity contribution in [3.63, 3.8) is 0 Å². The second kappa shape index (κ2) is 6.66. The summed E-state index contributed by atoms with van der Waals surface area (Å²) in [4.78, 5) is 26.1. The summed E-state index contributed by atoms with van der Waals surface area (Å²) in [6.45, 7) is 0.480. The topological polar surface area (TPSA) is 110 Å². The van der Waals surface area contributed by atoms with Gasteiger partial charge in [-0.2, -0.15) is 0 Å². The zero-order valence-electron chi connectivity index (χ0n) is 13.3. The largest absolute Gasteiger partial charge is 0.318 e. The van der Waals surface area contributed by atoms with E-state index in [-0.39, 0.29) is 4.90 Å². The van der Waals surface area contributed by atoms with Crippen LogP contribution in [0.3, 0.4) is 0 Å². The molecule has 1 heterocycles. The van der Waals surface area contributed by atoms with Crippen LogP contribution in [-0.2, 0) is 26.0 Å². The minimum absolute atomic E-state index is 0.0678. The van der Waals surface area contributed by atoms with Crippen LogP contribution in [-0.4, -0.2) is 26.8 Å². The smallest absolute Gasteiger partial charge is 0.316 e. The molecule has 3 N–H and O–H groups in total. The van der Waals surface area contributed by atoms with Crippen LogP contribution in [0.15, 0.2) is 53.4 Å². The van der Waals surface area contributed by atoms with Crippen LogP contribution in [0.25, 0.3) is 0 Å². The summed E-state index contributed by atoms with van der Waals surface area (Å²) in [6, 6.07) is 12.8. The maximum absolute atomic E-state index is 12.5. The van der Waals surface area contributed by atoms with E-state index in [2.05, 4.69) is 5.32 Å². The lowest BCUT2D eigenvalue weighted by atomic mass is 10.0. The van der Waals surface area contributed by atoms with Crippen molar-refractivity contribution in [2.75, 3.05) is 16.8 Å². The number of hydrogen-bond acceptors (Lipinski definition) is 4. The number of benzene rings is 2. The number of nitrogens with zero attached hydrogens (tertiary/aromatic N) is 1. The number of rotatable bonds is 2. The van der Waals surface area contributed by atoms with Gasteiger partial charge in [-0.15, -0.1) is 0 Å². The molecule has 25 heavy (non-hydrogen) atoms. The zero-order chi connectivity index (χ0) is 18.0. The first-order valence-corrected chi connectivity index (χ1v) is 9.24. The fraction of sp³-hybridized carbons (Fsp3) is 0.176. The lowest BCUT2D eigenvalue weighted by Crippen LogP contribution is -2.42. The molecule has 0 atom stereocenters. The number of aryl methyl sites for hydroxylation is 1. The third-order valence-electron chi connectivity index (χ3n) is 3.99. The molecule has 1 aliphatic heterocycles. The first-order chi connectivity index (χ1) is 11.9. The molecule has 0 radical (unpaired) electrons. The van der Waals surface area contributed by atoms with Crippen molar-refractivity contribution >= 4 is 33.2 Å². The van der Waals surface area contributed by atoms with E-state index in [0.717, 1.165) is 24.1 Å². The van der Waals surface area contributed by atoms with Gasteiger partial charge in [0, 0.05) is 17.9 Å². The van der Waals surface area contributed by atoms with Gasteiger partial charge in [-0.3, -0.25) is 9.59 Å². The molecule has 2 aromatic carbocycles. The first kappa shape index (κ1) is 17.1.